The average molecular weight is 356 g/mol. The second-order valence-electron chi connectivity index (χ2n) is 5.49. The minimum atomic E-state index is -1.03. The zero-order valence-electron chi connectivity index (χ0n) is 14.5. The third kappa shape index (κ3) is 5.94. The molecule has 2 aromatic rings. The van der Waals surface area contributed by atoms with Gasteiger partial charge in [-0.1, -0.05) is 12.1 Å². The molecule has 0 unspecified atom stereocenters. The number of carboxylic acids is 1. The van der Waals surface area contributed by atoms with E-state index in [2.05, 4.69) is 10.5 Å². The number of benzene rings is 2. The number of carbonyl (C=O) groups is 2. The molecule has 2 aromatic carbocycles. The van der Waals surface area contributed by atoms with Crippen LogP contribution in [0.15, 0.2) is 53.6 Å². The first kappa shape index (κ1) is 19.0. The SMILES string of the molecule is COc1cccc(CC(=O)N/N=C/c2ccc(O[C@H](C)C(=O)O)cc2)c1. The Morgan fingerprint density at radius 2 is 1.92 bits per heavy atom. The highest BCUT2D eigenvalue weighted by Gasteiger charge is 2.11. The van der Waals surface area contributed by atoms with E-state index >= 15 is 0 Å². The van der Waals surface area contributed by atoms with E-state index in [-0.39, 0.29) is 12.3 Å². The van der Waals surface area contributed by atoms with Crippen molar-refractivity contribution in [3.05, 3.63) is 59.7 Å². The molecule has 1 amide bonds. The lowest BCUT2D eigenvalue weighted by Crippen LogP contribution is -2.22. The molecule has 0 aliphatic rings. The van der Waals surface area contributed by atoms with Gasteiger partial charge in [-0.25, -0.2) is 10.2 Å². The third-order valence-electron chi connectivity index (χ3n) is 3.44. The fraction of sp³-hybridized carbons (Fsp3) is 0.211. The van der Waals surface area contributed by atoms with E-state index in [9.17, 15) is 9.59 Å². The van der Waals surface area contributed by atoms with Gasteiger partial charge in [0.05, 0.1) is 19.7 Å². The van der Waals surface area contributed by atoms with Crippen molar-refractivity contribution < 1.29 is 24.2 Å². The summed E-state index contributed by atoms with van der Waals surface area (Å²) in [6, 6.07) is 14.0. The monoisotopic (exact) mass is 356 g/mol. The molecular formula is C19H20N2O5. The Morgan fingerprint density at radius 3 is 2.58 bits per heavy atom. The predicted molar refractivity (Wildman–Crippen MR) is 96.6 cm³/mol. The zero-order chi connectivity index (χ0) is 18.9. The van der Waals surface area contributed by atoms with E-state index in [0.717, 1.165) is 11.1 Å². The highest BCUT2D eigenvalue weighted by molar-refractivity contribution is 5.83. The number of nitrogens with one attached hydrogen (secondary N) is 1. The molecule has 0 fully saturated rings. The lowest BCUT2D eigenvalue weighted by Gasteiger charge is -2.09. The largest absolute Gasteiger partial charge is 0.497 e. The third-order valence-corrected chi connectivity index (χ3v) is 3.44. The number of nitrogens with zero attached hydrogens (tertiary/aromatic N) is 1. The lowest BCUT2D eigenvalue weighted by atomic mass is 10.1. The fourth-order valence-electron chi connectivity index (χ4n) is 2.07. The summed E-state index contributed by atoms with van der Waals surface area (Å²) < 4.78 is 10.4. The van der Waals surface area contributed by atoms with Crippen molar-refractivity contribution in [2.75, 3.05) is 7.11 Å². The summed E-state index contributed by atoms with van der Waals surface area (Å²) in [6.45, 7) is 1.45. The summed E-state index contributed by atoms with van der Waals surface area (Å²) in [7, 11) is 1.57. The number of amides is 1. The second kappa shape index (κ2) is 9.22. The van der Waals surface area contributed by atoms with Gasteiger partial charge in [0.25, 0.3) is 0 Å². The second-order valence-corrected chi connectivity index (χ2v) is 5.49. The van der Waals surface area contributed by atoms with E-state index in [1.807, 2.05) is 18.2 Å². The average Bonchev–Trinajstić information content (AvgIpc) is 2.63. The highest BCUT2D eigenvalue weighted by atomic mass is 16.5. The molecule has 0 aliphatic carbocycles. The van der Waals surface area contributed by atoms with E-state index in [4.69, 9.17) is 14.6 Å². The fourth-order valence-corrected chi connectivity index (χ4v) is 2.07. The van der Waals surface area contributed by atoms with Crippen molar-refractivity contribution in [1.82, 2.24) is 5.43 Å². The van der Waals surface area contributed by atoms with Crippen LogP contribution in [0, 0.1) is 0 Å². The van der Waals surface area contributed by atoms with Gasteiger partial charge < -0.3 is 14.6 Å². The molecule has 0 spiro atoms. The van der Waals surface area contributed by atoms with Gasteiger partial charge in [-0.2, -0.15) is 5.10 Å². The van der Waals surface area contributed by atoms with Crippen LogP contribution in [0.3, 0.4) is 0 Å². The molecule has 7 nitrogen and oxygen atoms in total. The summed E-state index contributed by atoms with van der Waals surface area (Å²) in [5, 5.41) is 12.7. The van der Waals surface area contributed by atoms with Gasteiger partial charge in [-0.05, 0) is 54.4 Å². The number of carbonyl (C=O) groups excluding carboxylic acids is 1. The van der Waals surface area contributed by atoms with E-state index in [0.29, 0.717) is 11.5 Å². The van der Waals surface area contributed by atoms with Crippen LogP contribution < -0.4 is 14.9 Å². The minimum absolute atomic E-state index is 0.189. The van der Waals surface area contributed by atoms with Gasteiger partial charge in [-0.15, -0.1) is 0 Å². The Morgan fingerprint density at radius 1 is 1.19 bits per heavy atom. The maximum atomic E-state index is 11.9. The van der Waals surface area contributed by atoms with E-state index in [1.54, 1.807) is 37.4 Å². The summed E-state index contributed by atoms with van der Waals surface area (Å²) >= 11 is 0. The topological polar surface area (TPSA) is 97.2 Å². The molecule has 0 saturated carbocycles. The first-order valence-electron chi connectivity index (χ1n) is 7.92. The predicted octanol–water partition coefficient (Wildman–Crippen LogP) is 2.24. The molecule has 26 heavy (non-hydrogen) atoms. The number of methoxy groups -OCH3 is 1. The Labute approximate surface area is 151 Å². The quantitative estimate of drug-likeness (QED) is 0.558. The maximum Gasteiger partial charge on any atom is 0.344 e. The molecule has 0 radical (unpaired) electrons. The van der Waals surface area contributed by atoms with Crippen LogP contribution in [0.2, 0.25) is 0 Å². The molecule has 0 saturated heterocycles. The molecule has 7 heteroatoms. The molecule has 136 valence electrons. The Kier molecular flexibility index (Phi) is 6.73. The van der Waals surface area contributed by atoms with Crippen molar-refractivity contribution in [2.45, 2.75) is 19.4 Å². The van der Waals surface area contributed by atoms with Crippen LogP contribution in [0.25, 0.3) is 0 Å². The Balaban J connectivity index is 1.85. The highest BCUT2D eigenvalue weighted by Crippen LogP contribution is 2.14. The molecule has 0 aromatic heterocycles. The van der Waals surface area contributed by atoms with Crippen LogP contribution in [-0.4, -0.2) is 36.4 Å². The normalized spacial score (nSPS) is 11.8. The standard InChI is InChI=1S/C19H20N2O5/c1-13(19(23)24)26-16-8-6-14(7-9-16)12-20-21-18(22)11-15-4-3-5-17(10-15)25-2/h3-10,12-13H,11H2,1-2H3,(H,21,22)(H,23,24)/b20-12+/t13-/m1/s1. The number of rotatable bonds is 8. The van der Waals surface area contributed by atoms with Gasteiger partial charge in [-0.3, -0.25) is 4.79 Å². The maximum absolute atomic E-state index is 11.9. The number of aliphatic carboxylic acids is 1. The summed E-state index contributed by atoms with van der Waals surface area (Å²) in [5.74, 6) is -0.142. The molecule has 2 N–H and O–H groups in total. The van der Waals surface area contributed by atoms with Gasteiger partial charge in [0, 0.05) is 0 Å². The molecule has 0 bridgehead atoms. The lowest BCUT2D eigenvalue weighted by molar-refractivity contribution is -0.144. The van der Waals surface area contributed by atoms with E-state index in [1.165, 1.54) is 13.1 Å². The molecule has 0 heterocycles. The molecule has 1 atom stereocenters. The van der Waals surface area contributed by atoms with Gasteiger partial charge in [0.15, 0.2) is 6.10 Å². The first-order valence-corrected chi connectivity index (χ1v) is 7.92. The van der Waals surface area contributed by atoms with Crippen molar-refractivity contribution in [3.63, 3.8) is 0 Å². The first-order chi connectivity index (χ1) is 12.5. The van der Waals surface area contributed by atoms with Crippen molar-refractivity contribution in [3.8, 4) is 11.5 Å². The van der Waals surface area contributed by atoms with Crippen LogP contribution in [0.4, 0.5) is 0 Å². The van der Waals surface area contributed by atoms with Crippen LogP contribution >= 0.6 is 0 Å². The van der Waals surface area contributed by atoms with Crippen molar-refractivity contribution in [2.24, 2.45) is 5.10 Å². The van der Waals surface area contributed by atoms with E-state index < -0.39 is 12.1 Å². The number of hydrogen-bond acceptors (Lipinski definition) is 5. The van der Waals surface area contributed by atoms with Crippen molar-refractivity contribution >= 4 is 18.1 Å². The smallest absolute Gasteiger partial charge is 0.344 e. The number of carboxylic acid groups (broad SMARTS) is 1. The van der Waals surface area contributed by atoms with Gasteiger partial charge in [0.2, 0.25) is 5.91 Å². The minimum Gasteiger partial charge on any atom is -0.497 e. The van der Waals surface area contributed by atoms with Crippen molar-refractivity contribution in [1.29, 1.82) is 0 Å². The van der Waals surface area contributed by atoms with Crippen LogP contribution in [-0.2, 0) is 16.0 Å². The summed E-state index contributed by atoms with van der Waals surface area (Å²) in [4.78, 5) is 22.6. The van der Waals surface area contributed by atoms with Gasteiger partial charge in [0.1, 0.15) is 11.5 Å². The molecule has 0 aliphatic heterocycles. The Bertz CT molecular complexity index is 787. The number of ether oxygens (including phenoxy) is 2. The number of hydrogen-bond donors (Lipinski definition) is 2. The molecule has 2 rings (SSSR count). The Hall–Kier alpha value is -3.35. The van der Waals surface area contributed by atoms with Gasteiger partial charge >= 0.3 is 5.97 Å². The van der Waals surface area contributed by atoms with Crippen LogP contribution in [0.5, 0.6) is 11.5 Å². The van der Waals surface area contributed by atoms with Crippen LogP contribution in [0.1, 0.15) is 18.1 Å². The zero-order valence-corrected chi connectivity index (χ0v) is 14.5. The summed E-state index contributed by atoms with van der Waals surface area (Å²) in [5.41, 5.74) is 4.02. The molecular weight excluding hydrogens is 336 g/mol. The number of hydrazone groups is 1. The summed E-state index contributed by atoms with van der Waals surface area (Å²) in [6.07, 6.45) is 0.757.